The molecule has 3 nitrogen and oxygen atoms in total. The van der Waals surface area contributed by atoms with Gasteiger partial charge in [-0.25, -0.2) is 5.43 Å². The maximum Gasteiger partial charge on any atom is 0.462 e. The van der Waals surface area contributed by atoms with Crippen molar-refractivity contribution in [3.63, 3.8) is 0 Å². The summed E-state index contributed by atoms with van der Waals surface area (Å²) in [7, 11) is 0. The van der Waals surface area contributed by atoms with Crippen molar-refractivity contribution in [2.45, 2.75) is 25.1 Å². The number of nitrogens with one attached hydrogen (secondary N) is 1. The zero-order valence-electron chi connectivity index (χ0n) is 11.4. The number of alkyl halides is 7. The summed E-state index contributed by atoms with van der Waals surface area (Å²) in [6.07, 6.45) is -5.72. The predicted molar refractivity (Wildman–Crippen MR) is 77.0 cm³/mol. The van der Waals surface area contributed by atoms with Gasteiger partial charge in [-0.05, 0) is 53.3 Å². The first-order valence-electron chi connectivity index (χ1n) is 5.97. The predicted octanol–water partition coefficient (Wildman–Crippen LogP) is 4.40. The van der Waals surface area contributed by atoms with E-state index in [0.717, 1.165) is 0 Å². The van der Waals surface area contributed by atoms with E-state index in [1.54, 1.807) is 6.92 Å². The highest BCUT2D eigenvalue weighted by atomic mass is 127. The highest BCUT2D eigenvalue weighted by Gasteiger charge is 2.73. The Kier molecular flexibility index (Phi) is 6.10. The maximum absolute atomic E-state index is 12.9. The number of halogens is 8. The lowest BCUT2D eigenvalue weighted by Gasteiger charge is -2.27. The molecule has 0 bridgehead atoms. The van der Waals surface area contributed by atoms with Gasteiger partial charge in [0.05, 0.1) is 16.4 Å². The Morgan fingerprint density at radius 2 is 1.78 bits per heavy atom. The number of benzene rings is 1. The molecule has 130 valence electrons. The van der Waals surface area contributed by atoms with E-state index < -0.39 is 18.1 Å². The van der Waals surface area contributed by atoms with E-state index in [1.807, 2.05) is 22.6 Å². The lowest BCUT2D eigenvalue weighted by Crippen LogP contribution is -2.58. The minimum absolute atomic E-state index is 0.205. The molecular formula is C12H10F7IN2O. The first-order chi connectivity index (χ1) is 10.4. The molecule has 23 heavy (non-hydrogen) atoms. The SMILES string of the molecule is CCOc1ccc(/C=N/NC(F)(F)C(F)(F)C(F)(F)F)cc1I. The second kappa shape index (κ2) is 7.09. The van der Waals surface area contributed by atoms with Crippen molar-refractivity contribution in [2.75, 3.05) is 6.61 Å². The normalized spacial score (nSPS) is 13.4. The average molecular weight is 458 g/mol. The molecule has 0 aliphatic heterocycles. The van der Waals surface area contributed by atoms with Crippen LogP contribution < -0.4 is 10.2 Å². The van der Waals surface area contributed by atoms with E-state index in [0.29, 0.717) is 27.6 Å². The van der Waals surface area contributed by atoms with Gasteiger partial charge in [0, 0.05) is 0 Å². The maximum atomic E-state index is 12.9. The van der Waals surface area contributed by atoms with Crippen molar-refractivity contribution in [3.05, 3.63) is 27.3 Å². The highest BCUT2D eigenvalue weighted by molar-refractivity contribution is 14.1. The summed E-state index contributed by atoms with van der Waals surface area (Å²) in [5, 5.41) is 2.76. The molecule has 0 atom stereocenters. The molecule has 0 spiro atoms. The molecule has 1 aromatic rings. The molecule has 0 heterocycles. The zero-order chi connectivity index (χ0) is 17.9. The Morgan fingerprint density at radius 1 is 1.17 bits per heavy atom. The quantitative estimate of drug-likeness (QED) is 0.226. The minimum atomic E-state index is -6.41. The van der Waals surface area contributed by atoms with Crippen LogP contribution >= 0.6 is 22.6 Å². The van der Waals surface area contributed by atoms with Crippen molar-refractivity contribution in [2.24, 2.45) is 5.10 Å². The van der Waals surface area contributed by atoms with Crippen molar-refractivity contribution >= 4 is 28.8 Å². The number of hydrogen-bond acceptors (Lipinski definition) is 3. The topological polar surface area (TPSA) is 33.6 Å². The Morgan fingerprint density at radius 3 is 2.26 bits per heavy atom. The van der Waals surface area contributed by atoms with Gasteiger partial charge in [0.1, 0.15) is 5.75 Å². The van der Waals surface area contributed by atoms with Crippen LogP contribution in [-0.4, -0.2) is 31.0 Å². The molecule has 0 aliphatic rings. The number of rotatable bonds is 6. The van der Waals surface area contributed by atoms with E-state index in [-0.39, 0.29) is 5.56 Å². The molecule has 1 rings (SSSR count). The largest absolute Gasteiger partial charge is 0.493 e. The van der Waals surface area contributed by atoms with Crippen LogP contribution in [0.25, 0.3) is 0 Å². The van der Waals surface area contributed by atoms with Gasteiger partial charge in [-0.3, -0.25) is 0 Å². The Labute approximate surface area is 140 Å². The van der Waals surface area contributed by atoms with Gasteiger partial charge in [0.15, 0.2) is 0 Å². The van der Waals surface area contributed by atoms with E-state index in [9.17, 15) is 30.7 Å². The Bertz CT molecular complexity index is 575. The molecule has 0 amide bonds. The Balaban J connectivity index is 2.85. The standard InChI is InChI=1S/C12H10F7IN2O/c1-2-23-9-4-3-7(5-8(9)20)6-21-22-12(18,19)10(13,14)11(15,16)17/h3-6,22H,2H2,1H3/b21-6+. The number of ether oxygens (including phenoxy) is 1. The summed E-state index contributed by atoms with van der Waals surface area (Å²) in [4.78, 5) is 0. The van der Waals surface area contributed by atoms with Crippen LogP contribution in [0.2, 0.25) is 0 Å². The summed E-state index contributed by atoms with van der Waals surface area (Å²) >= 11 is 1.88. The molecular weight excluding hydrogens is 448 g/mol. The van der Waals surface area contributed by atoms with Gasteiger partial charge >= 0.3 is 18.1 Å². The summed E-state index contributed by atoms with van der Waals surface area (Å²) in [5.41, 5.74) is 0.751. The summed E-state index contributed by atoms with van der Waals surface area (Å²) in [5.74, 6) is -5.75. The second-order valence-corrected chi connectivity index (χ2v) is 5.30. The summed E-state index contributed by atoms with van der Waals surface area (Å²) < 4.78 is 92.6. The molecule has 0 aromatic heterocycles. The van der Waals surface area contributed by atoms with Gasteiger partial charge in [-0.15, -0.1) is 0 Å². The van der Waals surface area contributed by atoms with Gasteiger partial charge < -0.3 is 4.74 Å². The fourth-order valence-corrected chi connectivity index (χ4v) is 2.00. The van der Waals surface area contributed by atoms with Crippen molar-refractivity contribution in [3.8, 4) is 5.75 Å². The number of nitrogens with zero attached hydrogens (tertiary/aromatic N) is 1. The molecule has 1 N–H and O–H groups in total. The Hall–Kier alpha value is -1.27. The van der Waals surface area contributed by atoms with Crippen LogP contribution in [0.15, 0.2) is 23.3 Å². The number of hydrogen-bond donors (Lipinski definition) is 1. The zero-order valence-corrected chi connectivity index (χ0v) is 13.6. The first-order valence-corrected chi connectivity index (χ1v) is 7.05. The third-order valence-corrected chi connectivity index (χ3v) is 3.27. The highest BCUT2D eigenvalue weighted by Crippen LogP contribution is 2.44. The fraction of sp³-hybridized carbons (Fsp3) is 0.417. The minimum Gasteiger partial charge on any atom is -0.493 e. The number of hydrazone groups is 1. The van der Waals surface area contributed by atoms with Gasteiger partial charge in [-0.2, -0.15) is 35.8 Å². The molecule has 0 radical (unpaired) electrons. The molecule has 0 saturated carbocycles. The van der Waals surface area contributed by atoms with Gasteiger partial charge in [0.2, 0.25) is 0 Å². The van der Waals surface area contributed by atoms with Crippen LogP contribution in [-0.2, 0) is 0 Å². The van der Waals surface area contributed by atoms with E-state index >= 15 is 0 Å². The molecule has 0 saturated heterocycles. The summed E-state index contributed by atoms with van der Waals surface area (Å²) in [6, 6.07) is -1.30. The van der Waals surface area contributed by atoms with Crippen molar-refractivity contribution < 1.29 is 35.5 Å². The fourth-order valence-electron chi connectivity index (χ4n) is 1.31. The van der Waals surface area contributed by atoms with Crippen LogP contribution in [0.4, 0.5) is 30.7 Å². The second-order valence-electron chi connectivity index (χ2n) is 4.14. The molecule has 11 heteroatoms. The third-order valence-electron chi connectivity index (χ3n) is 2.42. The molecule has 1 aromatic carbocycles. The van der Waals surface area contributed by atoms with Crippen LogP contribution in [0, 0.1) is 3.57 Å². The van der Waals surface area contributed by atoms with Crippen molar-refractivity contribution in [1.29, 1.82) is 0 Å². The van der Waals surface area contributed by atoms with Crippen LogP contribution in [0.1, 0.15) is 12.5 Å². The lowest BCUT2D eigenvalue weighted by atomic mass is 10.2. The molecule has 0 aliphatic carbocycles. The van der Waals surface area contributed by atoms with Gasteiger partial charge in [-0.1, -0.05) is 0 Å². The molecule has 0 fully saturated rings. The monoisotopic (exact) mass is 458 g/mol. The third kappa shape index (κ3) is 4.61. The lowest BCUT2D eigenvalue weighted by molar-refractivity contribution is -0.361. The first kappa shape index (κ1) is 19.8. The van der Waals surface area contributed by atoms with E-state index in [4.69, 9.17) is 4.74 Å². The van der Waals surface area contributed by atoms with Crippen LogP contribution in [0.3, 0.4) is 0 Å². The van der Waals surface area contributed by atoms with Gasteiger partial charge in [0.25, 0.3) is 0 Å². The van der Waals surface area contributed by atoms with E-state index in [2.05, 4.69) is 5.10 Å². The van der Waals surface area contributed by atoms with Crippen LogP contribution in [0.5, 0.6) is 5.75 Å². The van der Waals surface area contributed by atoms with E-state index in [1.165, 1.54) is 18.2 Å². The van der Waals surface area contributed by atoms with Crippen molar-refractivity contribution in [1.82, 2.24) is 5.43 Å². The molecule has 0 unspecified atom stereocenters. The smallest absolute Gasteiger partial charge is 0.462 e. The summed E-state index contributed by atoms with van der Waals surface area (Å²) in [6.45, 7) is 2.14. The average Bonchev–Trinajstić information content (AvgIpc) is 2.40.